The lowest BCUT2D eigenvalue weighted by Gasteiger charge is -2.17. The third-order valence-corrected chi connectivity index (χ3v) is 2.98. The number of para-hydroxylation sites is 1. The molecular formula is C15H22O4. The van der Waals surface area contributed by atoms with Gasteiger partial charge < -0.3 is 14.6 Å². The maximum absolute atomic E-state index is 11.4. The van der Waals surface area contributed by atoms with Crippen molar-refractivity contribution in [2.45, 2.75) is 32.1 Å². The van der Waals surface area contributed by atoms with E-state index in [4.69, 9.17) is 9.47 Å². The second kappa shape index (κ2) is 8.53. The van der Waals surface area contributed by atoms with Crippen LogP contribution in [0.2, 0.25) is 0 Å². The normalized spacial score (nSPS) is 12.1. The van der Waals surface area contributed by atoms with Crippen LogP contribution in [0.1, 0.15) is 37.7 Å². The van der Waals surface area contributed by atoms with Gasteiger partial charge in [0.15, 0.2) is 0 Å². The number of carbonyl (C=O) groups is 1. The monoisotopic (exact) mass is 266 g/mol. The van der Waals surface area contributed by atoms with Crippen molar-refractivity contribution < 1.29 is 19.4 Å². The molecule has 0 heterocycles. The van der Waals surface area contributed by atoms with Crippen LogP contribution >= 0.6 is 0 Å². The van der Waals surface area contributed by atoms with E-state index in [-0.39, 0.29) is 0 Å². The molecule has 0 spiro atoms. The summed E-state index contributed by atoms with van der Waals surface area (Å²) in [6.07, 6.45) is 2.51. The third-order valence-electron chi connectivity index (χ3n) is 2.98. The summed E-state index contributed by atoms with van der Waals surface area (Å²) < 4.78 is 10.5. The minimum absolute atomic E-state index is 0.424. The number of aliphatic carboxylic acids is 1. The van der Waals surface area contributed by atoms with E-state index >= 15 is 0 Å². The van der Waals surface area contributed by atoms with Gasteiger partial charge in [-0.1, -0.05) is 38.0 Å². The molecule has 1 N–H and O–H groups in total. The Labute approximate surface area is 114 Å². The van der Waals surface area contributed by atoms with Crippen molar-refractivity contribution in [1.29, 1.82) is 0 Å². The highest BCUT2D eigenvalue weighted by atomic mass is 16.5. The molecule has 4 heteroatoms. The molecule has 1 rings (SSSR count). The largest absolute Gasteiger partial charge is 0.491 e. The standard InChI is InChI=1S/C15H22O4/c1-3-4-7-13(15(16)17)12-8-5-6-9-14(12)19-11-10-18-2/h5-6,8-9,13H,3-4,7,10-11H2,1-2H3,(H,16,17). The van der Waals surface area contributed by atoms with Crippen LogP contribution in [0.3, 0.4) is 0 Å². The van der Waals surface area contributed by atoms with E-state index in [1.165, 1.54) is 0 Å². The molecule has 1 unspecified atom stereocenters. The van der Waals surface area contributed by atoms with Gasteiger partial charge in [0.25, 0.3) is 0 Å². The van der Waals surface area contributed by atoms with Crippen molar-refractivity contribution in [2.24, 2.45) is 0 Å². The second-order valence-corrected chi connectivity index (χ2v) is 4.41. The molecule has 106 valence electrons. The number of hydrogen-bond donors (Lipinski definition) is 1. The van der Waals surface area contributed by atoms with Gasteiger partial charge in [-0.05, 0) is 12.5 Å². The summed E-state index contributed by atoms with van der Waals surface area (Å²) in [5, 5.41) is 9.37. The molecule has 0 aromatic heterocycles. The van der Waals surface area contributed by atoms with Crippen LogP contribution in [0.4, 0.5) is 0 Å². The number of carboxylic acid groups (broad SMARTS) is 1. The number of carboxylic acids is 1. The Hall–Kier alpha value is -1.55. The Morgan fingerprint density at radius 3 is 2.68 bits per heavy atom. The zero-order chi connectivity index (χ0) is 14.1. The minimum atomic E-state index is -0.795. The number of benzene rings is 1. The fourth-order valence-electron chi connectivity index (χ4n) is 1.96. The molecule has 0 aliphatic rings. The fraction of sp³-hybridized carbons (Fsp3) is 0.533. The van der Waals surface area contributed by atoms with E-state index < -0.39 is 11.9 Å². The van der Waals surface area contributed by atoms with E-state index in [2.05, 4.69) is 6.92 Å². The SMILES string of the molecule is CCCCC(C(=O)O)c1ccccc1OCCOC. The summed E-state index contributed by atoms with van der Waals surface area (Å²) in [6, 6.07) is 7.34. The average Bonchev–Trinajstić information content (AvgIpc) is 2.40. The van der Waals surface area contributed by atoms with E-state index in [1.54, 1.807) is 7.11 Å². The summed E-state index contributed by atoms with van der Waals surface area (Å²) in [7, 11) is 1.61. The molecule has 1 atom stereocenters. The molecule has 0 fully saturated rings. The van der Waals surface area contributed by atoms with Gasteiger partial charge in [-0.25, -0.2) is 0 Å². The van der Waals surface area contributed by atoms with Crippen molar-refractivity contribution >= 4 is 5.97 Å². The zero-order valence-corrected chi connectivity index (χ0v) is 11.6. The van der Waals surface area contributed by atoms with Crippen molar-refractivity contribution in [2.75, 3.05) is 20.3 Å². The number of unbranched alkanes of at least 4 members (excludes halogenated alkanes) is 1. The smallest absolute Gasteiger partial charge is 0.311 e. The number of hydrogen-bond acceptors (Lipinski definition) is 3. The van der Waals surface area contributed by atoms with Gasteiger partial charge in [0.2, 0.25) is 0 Å². The first kappa shape index (κ1) is 15.5. The lowest BCUT2D eigenvalue weighted by molar-refractivity contribution is -0.139. The summed E-state index contributed by atoms with van der Waals surface area (Å²) in [4.78, 5) is 11.4. The molecule has 0 aliphatic heterocycles. The fourth-order valence-corrected chi connectivity index (χ4v) is 1.96. The van der Waals surface area contributed by atoms with Gasteiger partial charge in [-0.15, -0.1) is 0 Å². The molecule has 0 radical (unpaired) electrons. The van der Waals surface area contributed by atoms with E-state index in [9.17, 15) is 9.90 Å². The topological polar surface area (TPSA) is 55.8 Å². The predicted molar refractivity (Wildman–Crippen MR) is 73.7 cm³/mol. The average molecular weight is 266 g/mol. The number of ether oxygens (including phenoxy) is 2. The maximum atomic E-state index is 11.4. The summed E-state index contributed by atoms with van der Waals surface area (Å²) in [5.41, 5.74) is 0.750. The van der Waals surface area contributed by atoms with Crippen LogP contribution < -0.4 is 4.74 Å². The van der Waals surface area contributed by atoms with Crippen LogP contribution in [0, 0.1) is 0 Å². The van der Waals surface area contributed by atoms with Gasteiger partial charge in [-0.2, -0.15) is 0 Å². The summed E-state index contributed by atoms with van der Waals surface area (Å²) in [6.45, 7) is 2.97. The van der Waals surface area contributed by atoms with Crippen LogP contribution in [0.15, 0.2) is 24.3 Å². The zero-order valence-electron chi connectivity index (χ0n) is 11.6. The lowest BCUT2D eigenvalue weighted by atomic mass is 9.93. The van der Waals surface area contributed by atoms with E-state index in [0.29, 0.717) is 25.4 Å². The molecule has 1 aromatic rings. The van der Waals surface area contributed by atoms with Crippen molar-refractivity contribution in [3.05, 3.63) is 29.8 Å². The Bertz CT molecular complexity index is 389. The highest BCUT2D eigenvalue weighted by Crippen LogP contribution is 2.30. The van der Waals surface area contributed by atoms with E-state index in [0.717, 1.165) is 18.4 Å². The first-order valence-corrected chi connectivity index (χ1v) is 6.64. The Morgan fingerprint density at radius 1 is 1.32 bits per heavy atom. The molecule has 0 bridgehead atoms. The first-order chi connectivity index (χ1) is 9.20. The second-order valence-electron chi connectivity index (χ2n) is 4.41. The molecule has 19 heavy (non-hydrogen) atoms. The van der Waals surface area contributed by atoms with Crippen molar-refractivity contribution in [1.82, 2.24) is 0 Å². The van der Waals surface area contributed by atoms with Crippen LogP contribution in [0.25, 0.3) is 0 Å². The molecule has 0 amide bonds. The lowest BCUT2D eigenvalue weighted by Crippen LogP contribution is -2.14. The van der Waals surface area contributed by atoms with Gasteiger partial charge in [-0.3, -0.25) is 4.79 Å². The van der Waals surface area contributed by atoms with Crippen molar-refractivity contribution in [3.63, 3.8) is 0 Å². The Morgan fingerprint density at radius 2 is 2.05 bits per heavy atom. The molecule has 0 aliphatic carbocycles. The van der Waals surface area contributed by atoms with E-state index in [1.807, 2.05) is 24.3 Å². The van der Waals surface area contributed by atoms with Gasteiger partial charge in [0.1, 0.15) is 12.4 Å². The third kappa shape index (κ3) is 4.91. The van der Waals surface area contributed by atoms with Gasteiger partial charge in [0, 0.05) is 12.7 Å². The molecule has 4 nitrogen and oxygen atoms in total. The quantitative estimate of drug-likeness (QED) is 0.698. The Kier molecular flexibility index (Phi) is 6.97. The summed E-state index contributed by atoms with van der Waals surface area (Å²) >= 11 is 0. The number of methoxy groups -OCH3 is 1. The van der Waals surface area contributed by atoms with Gasteiger partial charge in [0.05, 0.1) is 12.5 Å². The molecule has 0 saturated heterocycles. The van der Waals surface area contributed by atoms with Crippen LogP contribution in [0.5, 0.6) is 5.75 Å². The molecule has 0 saturated carbocycles. The first-order valence-electron chi connectivity index (χ1n) is 6.64. The summed E-state index contributed by atoms with van der Waals surface area (Å²) in [5.74, 6) is -0.655. The van der Waals surface area contributed by atoms with Crippen LogP contribution in [-0.4, -0.2) is 31.4 Å². The van der Waals surface area contributed by atoms with Crippen LogP contribution in [-0.2, 0) is 9.53 Å². The molecular weight excluding hydrogens is 244 g/mol. The number of rotatable bonds is 9. The van der Waals surface area contributed by atoms with Gasteiger partial charge >= 0.3 is 5.97 Å². The van der Waals surface area contributed by atoms with Crippen molar-refractivity contribution in [3.8, 4) is 5.75 Å². The minimum Gasteiger partial charge on any atom is -0.491 e. The predicted octanol–water partition coefficient (Wildman–Crippen LogP) is 3.07. The molecule has 1 aromatic carbocycles. The maximum Gasteiger partial charge on any atom is 0.311 e. The highest BCUT2D eigenvalue weighted by Gasteiger charge is 2.22. The Balaban J connectivity index is 2.85. The highest BCUT2D eigenvalue weighted by molar-refractivity contribution is 5.77.